The van der Waals surface area contributed by atoms with Gasteiger partial charge in [-0.1, -0.05) is 84.7 Å². The van der Waals surface area contributed by atoms with Gasteiger partial charge in [-0.3, -0.25) is 4.79 Å². The molecule has 0 aliphatic carbocycles. The summed E-state index contributed by atoms with van der Waals surface area (Å²) in [6.07, 6.45) is 2.80. The number of rotatable bonds is 5. The minimum absolute atomic E-state index is 0.182. The number of benzene rings is 2. The number of unbranched alkanes of at least 4 members (excludes halogenated alkanes) is 1. The molecule has 3 aromatic rings. The lowest BCUT2D eigenvalue weighted by atomic mass is 10.0. The topological polar surface area (TPSA) is 98.4 Å². The zero-order valence-corrected chi connectivity index (χ0v) is 26.9. The van der Waals surface area contributed by atoms with E-state index in [9.17, 15) is 10.1 Å². The molecule has 1 aromatic heterocycles. The smallest absolute Gasteiger partial charge is 0.302 e. The second-order valence-electron chi connectivity index (χ2n) is 7.07. The molecule has 0 atom stereocenters. The van der Waals surface area contributed by atoms with Crippen molar-refractivity contribution >= 4 is 29.9 Å². The molecule has 0 spiro atoms. The Morgan fingerprint density at radius 1 is 1.02 bits per heavy atom. The highest BCUT2D eigenvalue weighted by molar-refractivity contribution is 5.95. The van der Waals surface area contributed by atoms with Gasteiger partial charge in [0.05, 0.1) is 30.5 Å². The minimum Gasteiger partial charge on any atom is -0.497 e. The lowest BCUT2D eigenvalue weighted by Gasteiger charge is -2.06. The molecule has 224 valence electrons. The van der Waals surface area contributed by atoms with Gasteiger partial charge in [-0.05, 0) is 38.0 Å². The van der Waals surface area contributed by atoms with Gasteiger partial charge in [-0.25, -0.2) is 0 Å². The molecule has 0 amide bonds. The molecule has 0 radical (unpaired) electrons. The number of methoxy groups -OCH3 is 1. The molecule has 0 aliphatic heterocycles. The predicted octanol–water partition coefficient (Wildman–Crippen LogP) is 8.48. The number of nitriles is 1. The number of ether oxygens (including phenoxy) is 2. The molecule has 0 saturated carbocycles. The van der Waals surface area contributed by atoms with Crippen LogP contribution in [0.2, 0.25) is 0 Å². The number of aldehydes is 1. The van der Waals surface area contributed by atoms with E-state index < -0.39 is 0 Å². The molecular weight excluding hydrogens is 504 g/mol. The average Bonchev–Trinajstić information content (AvgIpc) is 3.29. The van der Waals surface area contributed by atoms with E-state index >= 15 is 0 Å². The van der Waals surface area contributed by atoms with Crippen LogP contribution in [0.25, 0.3) is 22.2 Å². The van der Waals surface area contributed by atoms with Gasteiger partial charge in [0, 0.05) is 25.4 Å². The van der Waals surface area contributed by atoms with E-state index in [2.05, 4.69) is 53.5 Å². The number of carbonyl (C=O) groups is 3. The van der Waals surface area contributed by atoms with E-state index in [4.69, 9.17) is 14.3 Å². The lowest BCUT2D eigenvalue weighted by Crippen LogP contribution is -1.99. The van der Waals surface area contributed by atoms with Crippen LogP contribution in [0, 0.1) is 18.3 Å². The highest BCUT2D eigenvalue weighted by Crippen LogP contribution is 2.34. The minimum atomic E-state index is -0.182. The molecule has 0 saturated heterocycles. The van der Waals surface area contributed by atoms with Crippen molar-refractivity contribution in [3.05, 3.63) is 53.6 Å². The zero-order valence-electron chi connectivity index (χ0n) is 26.9. The van der Waals surface area contributed by atoms with Crippen LogP contribution in [-0.2, 0) is 26.2 Å². The molecule has 0 aliphatic rings. The summed E-state index contributed by atoms with van der Waals surface area (Å²) in [5, 5.41) is 10.5. The first kappa shape index (κ1) is 43.1. The van der Waals surface area contributed by atoms with Crippen molar-refractivity contribution in [2.75, 3.05) is 13.7 Å². The van der Waals surface area contributed by atoms with Gasteiger partial charge in [0.2, 0.25) is 0 Å². The second kappa shape index (κ2) is 29.6. The molecule has 7 heteroatoms. The summed E-state index contributed by atoms with van der Waals surface area (Å²) in [7, 11) is 3.63. The van der Waals surface area contributed by atoms with Gasteiger partial charge >= 0.3 is 5.97 Å². The average molecular weight is 557 g/mol. The Kier molecular flexibility index (Phi) is 32.0. The maximum Gasteiger partial charge on any atom is 0.302 e. The van der Waals surface area contributed by atoms with Crippen molar-refractivity contribution < 1.29 is 23.9 Å². The van der Waals surface area contributed by atoms with Gasteiger partial charge in [0.1, 0.15) is 24.9 Å². The Bertz CT molecular complexity index is 1080. The SMILES string of the molecule is C=O.CC.CC.CC.CC=O.CCCCOC(C)=O.COc1ccc2c(C#N)c(-c3ccc(C)cc3)n(C)c2c1. The standard InChI is InChI=1S/C18H16N2O.C6H12O2.C2H4O.3C2H6.CH2O/c1-12-4-6-13(7-5-12)18-16(11-19)15-9-8-14(21-3)10-17(15)20(18)2;1-3-4-5-8-6(2)7;1-2-3;4*1-2/h4-10H,1-3H3;3-5H2,1-2H3;2H,1H3;3*1-2H3;1H2. The Labute approximate surface area is 243 Å². The number of hydrogen-bond donors (Lipinski definition) is 0. The van der Waals surface area contributed by atoms with Crippen LogP contribution in [0.3, 0.4) is 0 Å². The third kappa shape index (κ3) is 16.1. The highest BCUT2D eigenvalue weighted by Gasteiger charge is 2.16. The van der Waals surface area contributed by atoms with Crippen LogP contribution in [-0.4, -0.2) is 37.3 Å². The van der Waals surface area contributed by atoms with Crippen LogP contribution in [0.4, 0.5) is 0 Å². The van der Waals surface area contributed by atoms with E-state index in [1.807, 2.05) is 73.6 Å². The van der Waals surface area contributed by atoms with E-state index in [-0.39, 0.29) is 5.97 Å². The Balaban J connectivity index is -0.000000286. The summed E-state index contributed by atoms with van der Waals surface area (Å²) in [5.41, 5.74) is 4.91. The summed E-state index contributed by atoms with van der Waals surface area (Å²) in [6.45, 7) is 21.6. The molecule has 0 unspecified atom stereocenters. The Morgan fingerprint density at radius 3 is 1.93 bits per heavy atom. The number of carbonyl (C=O) groups excluding carboxylic acids is 3. The molecular formula is C33H52N2O5. The van der Waals surface area contributed by atoms with Gasteiger partial charge in [-0.15, -0.1) is 0 Å². The number of hydrogen-bond acceptors (Lipinski definition) is 6. The molecule has 40 heavy (non-hydrogen) atoms. The summed E-state index contributed by atoms with van der Waals surface area (Å²) in [6, 6.07) is 16.4. The molecule has 1 heterocycles. The van der Waals surface area contributed by atoms with Gasteiger partial charge in [0.15, 0.2) is 0 Å². The summed E-state index contributed by atoms with van der Waals surface area (Å²) >= 11 is 0. The number of fused-ring (bicyclic) bond motifs is 1. The Morgan fingerprint density at radius 2 is 1.52 bits per heavy atom. The molecule has 0 N–H and O–H groups in total. The summed E-state index contributed by atoms with van der Waals surface area (Å²) in [5.74, 6) is 0.612. The monoisotopic (exact) mass is 556 g/mol. The fourth-order valence-electron chi connectivity index (χ4n) is 3.07. The Hall–Kier alpha value is -3.92. The number of aryl methyl sites for hydroxylation is 2. The van der Waals surface area contributed by atoms with Crippen molar-refractivity contribution in [3.63, 3.8) is 0 Å². The fraction of sp³-hybridized carbons (Fsp3) is 0.455. The summed E-state index contributed by atoms with van der Waals surface area (Å²) in [4.78, 5) is 26.9. The van der Waals surface area contributed by atoms with Crippen LogP contribution < -0.4 is 4.74 Å². The summed E-state index contributed by atoms with van der Waals surface area (Å²) < 4.78 is 12.0. The van der Waals surface area contributed by atoms with Gasteiger partial charge in [-0.2, -0.15) is 5.26 Å². The maximum atomic E-state index is 10.1. The fourth-order valence-corrected chi connectivity index (χ4v) is 3.07. The first-order valence-electron chi connectivity index (χ1n) is 13.8. The van der Waals surface area contributed by atoms with E-state index in [1.165, 1.54) is 19.4 Å². The first-order valence-corrected chi connectivity index (χ1v) is 13.8. The van der Waals surface area contributed by atoms with Crippen molar-refractivity contribution in [1.82, 2.24) is 4.57 Å². The zero-order chi connectivity index (χ0) is 32.1. The first-order chi connectivity index (χ1) is 19.3. The molecule has 7 nitrogen and oxygen atoms in total. The molecule has 3 rings (SSSR count). The van der Waals surface area contributed by atoms with Crippen molar-refractivity contribution in [2.45, 2.75) is 82.1 Å². The normalized spacial score (nSPS) is 8.18. The van der Waals surface area contributed by atoms with E-state index in [0.29, 0.717) is 12.2 Å². The quantitative estimate of drug-likeness (QED) is 0.177. The largest absolute Gasteiger partial charge is 0.497 e. The van der Waals surface area contributed by atoms with E-state index in [0.717, 1.165) is 47.0 Å². The van der Waals surface area contributed by atoms with Gasteiger partial charge in [0.25, 0.3) is 0 Å². The van der Waals surface area contributed by atoms with Crippen LogP contribution >= 0.6 is 0 Å². The number of nitrogens with zero attached hydrogens (tertiary/aromatic N) is 2. The lowest BCUT2D eigenvalue weighted by molar-refractivity contribution is -0.141. The number of esters is 1. The third-order valence-electron chi connectivity index (χ3n) is 4.65. The van der Waals surface area contributed by atoms with Crippen molar-refractivity contribution in [3.8, 4) is 23.1 Å². The predicted molar refractivity (Wildman–Crippen MR) is 169 cm³/mol. The van der Waals surface area contributed by atoms with Crippen molar-refractivity contribution in [2.24, 2.45) is 7.05 Å². The second-order valence-corrected chi connectivity index (χ2v) is 7.07. The molecule has 0 fully saturated rings. The third-order valence-corrected chi connectivity index (χ3v) is 4.65. The van der Waals surface area contributed by atoms with Crippen LogP contribution in [0.1, 0.15) is 86.3 Å². The van der Waals surface area contributed by atoms with Crippen molar-refractivity contribution in [1.29, 1.82) is 5.26 Å². The van der Waals surface area contributed by atoms with Gasteiger partial charge < -0.3 is 23.6 Å². The molecule has 2 aromatic carbocycles. The maximum absolute atomic E-state index is 10.1. The van der Waals surface area contributed by atoms with Crippen LogP contribution in [0.5, 0.6) is 5.75 Å². The highest BCUT2D eigenvalue weighted by atomic mass is 16.5. The van der Waals surface area contributed by atoms with E-state index in [1.54, 1.807) is 7.11 Å². The van der Waals surface area contributed by atoms with Crippen LogP contribution in [0.15, 0.2) is 42.5 Å². The number of aromatic nitrogens is 1. The molecule has 0 bridgehead atoms.